The Balaban J connectivity index is 1.24. The van der Waals surface area contributed by atoms with E-state index in [9.17, 15) is 19.5 Å². The summed E-state index contributed by atoms with van der Waals surface area (Å²) in [6.07, 6.45) is 2.07. The number of piperidine rings is 2. The number of amides is 2. The summed E-state index contributed by atoms with van der Waals surface area (Å²) >= 11 is 0. The summed E-state index contributed by atoms with van der Waals surface area (Å²) < 4.78 is 5.62. The largest absolute Gasteiger partial charge is 0.481 e. The van der Waals surface area contributed by atoms with Crippen LogP contribution >= 0.6 is 0 Å². The van der Waals surface area contributed by atoms with E-state index in [1.165, 1.54) is 0 Å². The van der Waals surface area contributed by atoms with Crippen LogP contribution in [0, 0.1) is 11.8 Å². The number of carbonyl (C=O) groups is 3. The van der Waals surface area contributed by atoms with Gasteiger partial charge in [0.15, 0.2) is 0 Å². The Bertz CT molecular complexity index is 1070. The van der Waals surface area contributed by atoms with Crippen molar-refractivity contribution in [3.63, 3.8) is 0 Å². The van der Waals surface area contributed by atoms with E-state index >= 15 is 0 Å². The maximum atomic E-state index is 13.3. The number of rotatable bonds is 6. The van der Waals surface area contributed by atoms with E-state index in [0.29, 0.717) is 25.8 Å². The van der Waals surface area contributed by atoms with Crippen LogP contribution in [0.1, 0.15) is 49.7 Å². The van der Waals surface area contributed by atoms with Gasteiger partial charge in [-0.05, 0) is 53.9 Å². The number of carboxylic acid groups (broad SMARTS) is 1. The summed E-state index contributed by atoms with van der Waals surface area (Å²) in [6.45, 7) is 2.58. The number of ether oxygens (including phenoxy) is 1. The number of aliphatic carboxylic acids is 1. The van der Waals surface area contributed by atoms with Crippen LogP contribution in [0.4, 0.5) is 4.79 Å². The first kappa shape index (κ1) is 22.4. The topological polar surface area (TPSA) is 95.9 Å². The Morgan fingerprint density at radius 2 is 1.71 bits per heavy atom. The number of carbonyl (C=O) groups excluding carboxylic acids is 2. The molecule has 6 rings (SSSR count). The molecule has 2 amide bonds. The highest BCUT2D eigenvalue weighted by Crippen LogP contribution is 2.44. The predicted molar refractivity (Wildman–Crippen MR) is 126 cm³/mol. The second-order valence-electron chi connectivity index (χ2n) is 9.61. The minimum absolute atomic E-state index is 0.0527. The van der Waals surface area contributed by atoms with Gasteiger partial charge in [0, 0.05) is 18.5 Å². The number of hydrogen-bond donors (Lipinski definition) is 2. The number of alkyl carbamates (subject to hydrolysis) is 1. The molecule has 2 aromatic rings. The highest BCUT2D eigenvalue weighted by molar-refractivity contribution is 5.87. The van der Waals surface area contributed by atoms with Crippen LogP contribution in [0.3, 0.4) is 0 Å². The van der Waals surface area contributed by atoms with Crippen molar-refractivity contribution < 1.29 is 24.2 Å². The molecule has 2 N–H and O–H groups in total. The molecule has 4 aliphatic rings. The standard InChI is InChI=1S/C27H30N2O5/c1-2-23(25(30)29-14-16-11-12-24(29)21(13-16)26(31)32)28-27(33)34-15-22-19-9-5-3-7-17(19)18-8-4-6-10-20(18)22/h3-10,16,21-24H,2,11-15H2,1H3,(H,28,33)(H,31,32)/t16?,21?,23-,24?/m0/s1. The molecule has 1 saturated carbocycles. The first-order valence-corrected chi connectivity index (χ1v) is 12.1. The molecule has 3 unspecified atom stereocenters. The molecule has 0 aromatic heterocycles. The Morgan fingerprint density at radius 1 is 1.06 bits per heavy atom. The lowest BCUT2D eigenvalue weighted by Gasteiger charge is -2.49. The quantitative estimate of drug-likeness (QED) is 0.676. The minimum atomic E-state index is -0.843. The third-order valence-corrected chi connectivity index (χ3v) is 7.72. The van der Waals surface area contributed by atoms with Gasteiger partial charge in [-0.1, -0.05) is 55.5 Å². The molecular weight excluding hydrogens is 432 g/mol. The van der Waals surface area contributed by atoms with Crippen LogP contribution in [0.25, 0.3) is 11.1 Å². The van der Waals surface area contributed by atoms with E-state index in [1.54, 1.807) is 4.90 Å². The molecule has 2 aliphatic heterocycles. The number of benzene rings is 2. The second-order valence-corrected chi connectivity index (χ2v) is 9.61. The van der Waals surface area contributed by atoms with Crippen LogP contribution in [-0.4, -0.2) is 53.2 Å². The first-order valence-electron chi connectivity index (χ1n) is 12.1. The molecule has 34 heavy (non-hydrogen) atoms. The Morgan fingerprint density at radius 3 is 2.29 bits per heavy atom. The fourth-order valence-corrected chi connectivity index (χ4v) is 6.03. The van der Waals surface area contributed by atoms with Crippen molar-refractivity contribution in [1.82, 2.24) is 10.2 Å². The number of fused-ring (bicyclic) bond motifs is 6. The Labute approximate surface area is 199 Å². The average Bonchev–Trinajstić information content (AvgIpc) is 3.19. The molecular formula is C27H30N2O5. The Hall–Kier alpha value is -3.35. The van der Waals surface area contributed by atoms with Gasteiger partial charge in [-0.3, -0.25) is 9.59 Å². The fraction of sp³-hybridized carbons (Fsp3) is 0.444. The molecule has 7 heteroatoms. The molecule has 7 nitrogen and oxygen atoms in total. The maximum absolute atomic E-state index is 13.3. The summed E-state index contributed by atoms with van der Waals surface area (Å²) in [7, 11) is 0. The van der Waals surface area contributed by atoms with Crippen LogP contribution in [0.2, 0.25) is 0 Å². The van der Waals surface area contributed by atoms with Crippen LogP contribution < -0.4 is 5.32 Å². The normalized spacial score (nSPS) is 23.7. The van der Waals surface area contributed by atoms with Crippen molar-refractivity contribution in [2.45, 2.75) is 50.6 Å². The lowest BCUT2D eigenvalue weighted by atomic mass is 9.72. The van der Waals surface area contributed by atoms with E-state index in [1.807, 2.05) is 31.2 Å². The fourth-order valence-electron chi connectivity index (χ4n) is 6.03. The molecule has 178 valence electrons. The highest BCUT2D eigenvalue weighted by Gasteiger charge is 2.47. The van der Waals surface area contributed by atoms with Gasteiger partial charge in [-0.2, -0.15) is 0 Å². The molecule has 2 saturated heterocycles. The summed E-state index contributed by atoms with van der Waals surface area (Å²) in [5.41, 5.74) is 4.57. The van der Waals surface area contributed by atoms with E-state index in [-0.39, 0.29) is 30.4 Å². The summed E-state index contributed by atoms with van der Waals surface area (Å²) in [5, 5.41) is 12.3. The highest BCUT2D eigenvalue weighted by atomic mass is 16.5. The number of hydrogen-bond acceptors (Lipinski definition) is 4. The summed E-state index contributed by atoms with van der Waals surface area (Å²) in [6, 6.07) is 15.2. The molecule has 2 heterocycles. The van der Waals surface area contributed by atoms with E-state index in [2.05, 4.69) is 29.6 Å². The van der Waals surface area contributed by atoms with Gasteiger partial charge in [-0.25, -0.2) is 4.79 Å². The summed E-state index contributed by atoms with van der Waals surface area (Å²) in [5.74, 6) is -1.42. The monoisotopic (exact) mass is 462 g/mol. The lowest BCUT2D eigenvalue weighted by Crippen LogP contribution is -2.61. The molecule has 2 aromatic carbocycles. The lowest BCUT2D eigenvalue weighted by molar-refractivity contribution is -0.156. The number of nitrogens with zero attached hydrogens (tertiary/aromatic N) is 1. The van der Waals surface area contributed by atoms with Crippen molar-refractivity contribution in [3.05, 3.63) is 59.7 Å². The Kier molecular flexibility index (Phi) is 6.02. The predicted octanol–water partition coefficient (Wildman–Crippen LogP) is 4.02. The van der Waals surface area contributed by atoms with Crippen LogP contribution in [0.5, 0.6) is 0 Å². The zero-order chi connectivity index (χ0) is 23.8. The van der Waals surface area contributed by atoms with Crippen LogP contribution in [0.15, 0.2) is 48.5 Å². The second kappa shape index (κ2) is 9.12. The van der Waals surface area contributed by atoms with E-state index < -0.39 is 24.0 Å². The number of nitrogens with one attached hydrogen (secondary N) is 1. The van der Waals surface area contributed by atoms with Gasteiger partial charge in [0.25, 0.3) is 0 Å². The van der Waals surface area contributed by atoms with Gasteiger partial charge in [0.2, 0.25) is 5.91 Å². The third-order valence-electron chi connectivity index (χ3n) is 7.72. The minimum Gasteiger partial charge on any atom is -0.481 e. The molecule has 2 bridgehead atoms. The van der Waals surface area contributed by atoms with Gasteiger partial charge < -0.3 is 20.1 Å². The van der Waals surface area contributed by atoms with Crippen molar-refractivity contribution in [1.29, 1.82) is 0 Å². The third kappa shape index (κ3) is 3.93. The van der Waals surface area contributed by atoms with Crippen LogP contribution in [-0.2, 0) is 14.3 Å². The SMILES string of the molecule is CC[C@H](NC(=O)OCC1c2ccccc2-c2ccccc21)C(=O)N1CC2CCC1C(C(=O)O)C2. The molecule has 2 aliphatic carbocycles. The van der Waals surface area contributed by atoms with E-state index in [0.717, 1.165) is 28.7 Å². The van der Waals surface area contributed by atoms with Gasteiger partial charge >= 0.3 is 12.1 Å². The maximum Gasteiger partial charge on any atom is 0.407 e. The van der Waals surface area contributed by atoms with Gasteiger partial charge in [0.1, 0.15) is 12.6 Å². The molecule has 0 spiro atoms. The van der Waals surface area contributed by atoms with Crippen molar-refractivity contribution in [2.75, 3.05) is 13.2 Å². The van der Waals surface area contributed by atoms with Crippen molar-refractivity contribution in [2.24, 2.45) is 11.8 Å². The summed E-state index contributed by atoms with van der Waals surface area (Å²) in [4.78, 5) is 39.4. The zero-order valence-corrected chi connectivity index (χ0v) is 19.3. The number of carboxylic acids is 1. The van der Waals surface area contributed by atoms with Crippen molar-refractivity contribution >= 4 is 18.0 Å². The van der Waals surface area contributed by atoms with Gasteiger partial charge in [-0.15, -0.1) is 0 Å². The first-order chi connectivity index (χ1) is 16.5. The van der Waals surface area contributed by atoms with Gasteiger partial charge in [0.05, 0.1) is 5.92 Å². The molecule has 4 atom stereocenters. The average molecular weight is 463 g/mol. The smallest absolute Gasteiger partial charge is 0.407 e. The molecule has 0 radical (unpaired) electrons. The van der Waals surface area contributed by atoms with E-state index in [4.69, 9.17) is 4.74 Å². The molecule has 3 fully saturated rings. The zero-order valence-electron chi connectivity index (χ0n) is 19.3. The van der Waals surface area contributed by atoms with Crippen molar-refractivity contribution in [3.8, 4) is 11.1 Å².